The van der Waals surface area contributed by atoms with E-state index < -0.39 is 0 Å². The molecule has 0 aliphatic carbocycles. The number of aromatic amines is 1. The Hall–Kier alpha value is -0.300. The summed E-state index contributed by atoms with van der Waals surface area (Å²) in [6, 6.07) is 0. The maximum atomic E-state index is 4.00. The molecular weight excluding hydrogens is 276 g/mol. The number of tetrazole rings is 1. The van der Waals surface area contributed by atoms with Crippen LogP contribution < -0.4 is 11.0 Å². The number of hydrazine groups is 2. The van der Waals surface area contributed by atoms with Gasteiger partial charge in [0, 0.05) is 7.05 Å². The van der Waals surface area contributed by atoms with E-state index in [4.69, 9.17) is 0 Å². The summed E-state index contributed by atoms with van der Waals surface area (Å²) in [6.07, 6.45) is 0. The van der Waals surface area contributed by atoms with Crippen LogP contribution in [-0.4, -0.2) is 38.0 Å². The standard InChI is InChI=1S/C3H6N8S4/c1-11-7-3(6-10-11)13-15-14-12-2-4-8-9-5-2/h10H,1H3,(H,6,7)(H,4,5,8,9). The van der Waals surface area contributed by atoms with Gasteiger partial charge in [0.05, 0.1) is 0 Å². The molecule has 0 unspecified atom stereocenters. The van der Waals surface area contributed by atoms with Crippen LogP contribution in [0.15, 0.2) is 10.3 Å². The van der Waals surface area contributed by atoms with Crippen molar-refractivity contribution in [2.75, 3.05) is 7.05 Å². The number of hydrogen-bond acceptors (Lipinski definition) is 11. The average molecular weight is 282 g/mol. The predicted octanol–water partition coefficient (Wildman–Crippen LogP) is 0.462. The summed E-state index contributed by atoms with van der Waals surface area (Å²) in [7, 11) is 7.90. The number of nitrogens with one attached hydrogen (secondary N) is 3. The summed E-state index contributed by atoms with van der Waals surface area (Å²) < 4.78 is 0. The Morgan fingerprint density at radius 1 is 1.27 bits per heavy atom. The lowest BCUT2D eigenvalue weighted by atomic mass is 11.3. The van der Waals surface area contributed by atoms with E-state index in [2.05, 4.69) is 36.7 Å². The number of amidine groups is 1. The fourth-order valence-electron chi connectivity index (χ4n) is 0.630. The summed E-state index contributed by atoms with van der Waals surface area (Å²) in [5.74, 6) is 0. The highest BCUT2D eigenvalue weighted by atomic mass is 33.7. The van der Waals surface area contributed by atoms with E-state index in [1.807, 2.05) is 7.05 Å². The molecule has 2 heterocycles. The first-order valence-corrected chi connectivity index (χ1v) is 8.41. The lowest BCUT2D eigenvalue weighted by Crippen LogP contribution is -2.36. The van der Waals surface area contributed by atoms with E-state index in [0.717, 1.165) is 5.17 Å². The Kier molecular flexibility index (Phi) is 4.25. The van der Waals surface area contributed by atoms with Crippen molar-refractivity contribution < 1.29 is 0 Å². The Balaban J connectivity index is 1.60. The van der Waals surface area contributed by atoms with E-state index in [-0.39, 0.29) is 0 Å². The molecule has 15 heavy (non-hydrogen) atoms. The van der Waals surface area contributed by atoms with E-state index in [0.29, 0.717) is 5.16 Å². The number of hydrazone groups is 1. The van der Waals surface area contributed by atoms with E-state index in [1.54, 1.807) is 24.8 Å². The van der Waals surface area contributed by atoms with Crippen LogP contribution in [0.3, 0.4) is 0 Å². The molecule has 0 fully saturated rings. The second-order valence-electron chi connectivity index (χ2n) is 2.18. The Labute approximate surface area is 100 Å². The third-order valence-electron chi connectivity index (χ3n) is 1.14. The van der Waals surface area contributed by atoms with Gasteiger partial charge in [-0.15, -0.1) is 20.4 Å². The highest BCUT2D eigenvalue weighted by Gasteiger charge is 2.11. The topological polar surface area (TPSA) is 94.1 Å². The van der Waals surface area contributed by atoms with E-state index in [1.165, 1.54) is 21.6 Å². The molecule has 1 aliphatic heterocycles. The lowest BCUT2D eigenvalue weighted by Gasteiger charge is -2.06. The highest BCUT2D eigenvalue weighted by molar-refractivity contribution is 9.27. The summed E-state index contributed by atoms with van der Waals surface area (Å²) in [5.41, 5.74) is 5.73. The molecule has 0 saturated carbocycles. The van der Waals surface area contributed by atoms with Crippen molar-refractivity contribution in [3.05, 3.63) is 0 Å². The van der Waals surface area contributed by atoms with Gasteiger partial charge in [0.25, 0.3) is 0 Å². The first-order chi connectivity index (χ1) is 7.34. The zero-order valence-corrected chi connectivity index (χ0v) is 10.6. The minimum Gasteiger partial charge on any atom is -0.277 e. The van der Waals surface area contributed by atoms with Crippen LogP contribution in [0, 0.1) is 0 Å². The van der Waals surface area contributed by atoms with Crippen molar-refractivity contribution >= 4 is 46.4 Å². The van der Waals surface area contributed by atoms with Gasteiger partial charge in [-0.25, -0.2) is 5.53 Å². The molecule has 12 heteroatoms. The van der Waals surface area contributed by atoms with Crippen molar-refractivity contribution in [3.8, 4) is 0 Å². The molecule has 0 spiro atoms. The Morgan fingerprint density at radius 2 is 2.13 bits per heavy atom. The highest BCUT2D eigenvalue weighted by Crippen LogP contribution is 2.45. The van der Waals surface area contributed by atoms with Crippen molar-refractivity contribution in [1.29, 1.82) is 0 Å². The number of H-pyrrole nitrogens is 1. The SMILES string of the molecule is CN1NN=C(SSSSc2nn[nH]n2)N1. The molecule has 0 saturated heterocycles. The molecule has 0 aromatic carbocycles. The van der Waals surface area contributed by atoms with Gasteiger partial charge in [-0.05, 0) is 46.5 Å². The number of hydrogen-bond donors (Lipinski definition) is 3. The molecule has 1 aliphatic rings. The molecule has 0 radical (unpaired) electrons. The third kappa shape index (κ3) is 3.64. The summed E-state index contributed by atoms with van der Waals surface area (Å²) in [4.78, 5) is 0. The molecule has 0 amide bonds. The molecule has 1 aromatic heterocycles. The van der Waals surface area contributed by atoms with Crippen LogP contribution in [0.5, 0.6) is 0 Å². The fraction of sp³-hybridized carbons (Fsp3) is 0.333. The van der Waals surface area contributed by atoms with Crippen LogP contribution in [0.4, 0.5) is 0 Å². The molecule has 2 rings (SSSR count). The van der Waals surface area contributed by atoms with Crippen LogP contribution in [0.1, 0.15) is 0 Å². The largest absolute Gasteiger partial charge is 0.277 e. The minimum atomic E-state index is 0.615. The van der Waals surface area contributed by atoms with Gasteiger partial charge in [0.1, 0.15) is 0 Å². The van der Waals surface area contributed by atoms with Crippen LogP contribution in [0.2, 0.25) is 0 Å². The number of rotatable bonds is 4. The molecule has 82 valence electrons. The van der Waals surface area contributed by atoms with Gasteiger partial charge in [-0.3, -0.25) is 5.43 Å². The summed E-state index contributed by atoms with van der Waals surface area (Å²) in [5, 5.41) is 20.5. The maximum absolute atomic E-state index is 4.00. The quantitative estimate of drug-likeness (QED) is 0.534. The predicted molar refractivity (Wildman–Crippen MR) is 64.3 cm³/mol. The van der Waals surface area contributed by atoms with Crippen LogP contribution in [0.25, 0.3) is 0 Å². The van der Waals surface area contributed by atoms with Gasteiger partial charge >= 0.3 is 0 Å². The second-order valence-corrected chi connectivity index (χ2v) is 7.81. The molecule has 0 bridgehead atoms. The van der Waals surface area contributed by atoms with Crippen LogP contribution in [-0.2, 0) is 0 Å². The molecule has 1 aromatic rings. The zero-order chi connectivity index (χ0) is 10.5. The number of nitrogens with zero attached hydrogens (tertiary/aromatic N) is 5. The normalized spacial score (nSPS) is 15.9. The lowest BCUT2D eigenvalue weighted by molar-refractivity contribution is 0.232. The van der Waals surface area contributed by atoms with E-state index in [9.17, 15) is 0 Å². The van der Waals surface area contributed by atoms with Crippen molar-refractivity contribution in [3.63, 3.8) is 0 Å². The third-order valence-corrected chi connectivity index (χ3v) is 6.71. The van der Waals surface area contributed by atoms with Gasteiger partial charge in [0.2, 0.25) is 10.3 Å². The van der Waals surface area contributed by atoms with Gasteiger partial charge in [0.15, 0.2) is 0 Å². The molecular formula is C3H6N8S4. The molecule has 8 nitrogen and oxygen atoms in total. The minimum absolute atomic E-state index is 0.615. The monoisotopic (exact) mass is 282 g/mol. The van der Waals surface area contributed by atoms with Crippen LogP contribution >= 0.6 is 41.2 Å². The Morgan fingerprint density at radius 3 is 2.80 bits per heavy atom. The Bertz CT molecular complexity index is 325. The van der Waals surface area contributed by atoms with Crippen molar-refractivity contribution in [2.45, 2.75) is 5.16 Å². The fourth-order valence-corrected chi connectivity index (χ4v) is 5.32. The smallest absolute Gasteiger partial charge is 0.242 e. The van der Waals surface area contributed by atoms with Gasteiger partial charge in [-0.2, -0.15) is 5.21 Å². The zero-order valence-electron chi connectivity index (χ0n) is 7.37. The first kappa shape index (κ1) is 11.2. The second kappa shape index (κ2) is 5.69. The van der Waals surface area contributed by atoms with Crippen molar-refractivity contribution in [1.82, 2.24) is 36.7 Å². The summed E-state index contributed by atoms with van der Waals surface area (Å²) in [6.45, 7) is 0. The van der Waals surface area contributed by atoms with Gasteiger partial charge < -0.3 is 0 Å². The molecule has 0 atom stereocenters. The maximum Gasteiger partial charge on any atom is 0.242 e. The average Bonchev–Trinajstić information content (AvgIpc) is 2.84. The van der Waals surface area contributed by atoms with Crippen molar-refractivity contribution in [2.24, 2.45) is 5.10 Å². The molecule has 3 N–H and O–H groups in total. The summed E-state index contributed by atoms with van der Waals surface area (Å²) >= 11 is 0. The van der Waals surface area contributed by atoms with E-state index >= 15 is 0 Å². The number of aromatic nitrogens is 4. The first-order valence-electron chi connectivity index (χ1n) is 3.59. The van der Waals surface area contributed by atoms with Gasteiger partial charge in [-0.1, -0.05) is 0 Å².